The van der Waals surface area contributed by atoms with Crippen molar-refractivity contribution in [3.05, 3.63) is 33.7 Å². The van der Waals surface area contributed by atoms with Gasteiger partial charge in [-0.05, 0) is 6.07 Å². The van der Waals surface area contributed by atoms with Gasteiger partial charge in [-0.3, -0.25) is 10.1 Å². The van der Waals surface area contributed by atoms with Crippen molar-refractivity contribution in [1.82, 2.24) is 4.98 Å². The van der Waals surface area contributed by atoms with Crippen LogP contribution in [0, 0.1) is 10.1 Å². The van der Waals surface area contributed by atoms with E-state index < -0.39 is 10.9 Å². The van der Waals surface area contributed by atoms with Crippen LogP contribution in [0.15, 0.2) is 16.5 Å². The quantitative estimate of drug-likeness (QED) is 0.473. The molecular formula is C11H10N2O6S. The zero-order chi connectivity index (χ0) is 14.7. The zero-order valence-corrected chi connectivity index (χ0v) is 11.4. The van der Waals surface area contributed by atoms with E-state index in [1.165, 1.54) is 26.4 Å². The Morgan fingerprint density at radius 3 is 2.80 bits per heavy atom. The lowest BCUT2D eigenvalue weighted by Gasteiger charge is -1.96. The number of hydrogen-bond donors (Lipinski definition) is 0. The average molecular weight is 298 g/mol. The summed E-state index contributed by atoms with van der Waals surface area (Å²) < 4.78 is 14.8. The number of thiophene rings is 1. The molecule has 0 aromatic carbocycles. The standard InChI is InChI=1S/C11H10N2O6S/c1-17-5-6-9(11(14)18-2)19-10(12-6)7-3-4-8(20-7)13(15)16/h3-4H,5H2,1-2H3. The lowest BCUT2D eigenvalue weighted by molar-refractivity contribution is -0.380. The van der Waals surface area contributed by atoms with E-state index in [9.17, 15) is 14.9 Å². The van der Waals surface area contributed by atoms with Crippen LogP contribution in [0.5, 0.6) is 0 Å². The van der Waals surface area contributed by atoms with Gasteiger partial charge in [-0.1, -0.05) is 11.3 Å². The van der Waals surface area contributed by atoms with E-state index in [1.54, 1.807) is 0 Å². The fourth-order valence-electron chi connectivity index (χ4n) is 1.48. The first kappa shape index (κ1) is 14.2. The molecule has 0 fully saturated rings. The van der Waals surface area contributed by atoms with Crippen LogP contribution in [-0.2, 0) is 16.1 Å². The minimum absolute atomic E-state index is 0.0360. The van der Waals surface area contributed by atoms with Crippen LogP contribution in [0.25, 0.3) is 10.8 Å². The summed E-state index contributed by atoms with van der Waals surface area (Å²) in [6, 6.07) is 2.85. The lowest BCUT2D eigenvalue weighted by atomic mass is 10.3. The Morgan fingerprint density at radius 1 is 1.50 bits per heavy atom. The number of rotatable bonds is 5. The second-order valence-electron chi connectivity index (χ2n) is 3.61. The summed E-state index contributed by atoms with van der Waals surface area (Å²) in [5, 5.41) is 10.6. The Balaban J connectivity index is 2.41. The van der Waals surface area contributed by atoms with Gasteiger partial charge >= 0.3 is 11.0 Å². The third kappa shape index (κ3) is 2.68. The van der Waals surface area contributed by atoms with Gasteiger partial charge in [0.15, 0.2) is 0 Å². The van der Waals surface area contributed by atoms with Gasteiger partial charge in [0, 0.05) is 13.2 Å². The lowest BCUT2D eigenvalue weighted by Crippen LogP contribution is -2.04. The number of nitro groups is 1. The summed E-state index contributed by atoms with van der Waals surface area (Å²) in [5.41, 5.74) is 0.283. The highest BCUT2D eigenvalue weighted by atomic mass is 32.1. The molecule has 0 aliphatic heterocycles. The first-order chi connectivity index (χ1) is 9.56. The molecule has 0 atom stereocenters. The van der Waals surface area contributed by atoms with Crippen LogP contribution in [0.2, 0.25) is 0 Å². The molecule has 8 nitrogen and oxygen atoms in total. The molecule has 0 unspecified atom stereocenters. The summed E-state index contributed by atoms with van der Waals surface area (Å²) in [5.74, 6) is -0.627. The van der Waals surface area contributed by atoms with E-state index in [0.29, 0.717) is 4.88 Å². The van der Waals surface area contributed by atoms with Crippen molar-refractivity contribution < 1.29 is 23.6 Å². The molecule has 2 aromatic rings. The molecule has 0 aliphatic rings. The van der Waals surface area contributed by atoms with E-state index in [0.717, 1.165) is 11.3 Å². The normalized spacial score (nSPS) is 10.5. The highest BCUT2D eigenvalue weighted by Gasteiger charge is 2.23. The van der Waals surface area contributed by atoms with E-state index in [2.05, 4.69) is 9.72 Å². The van der Waals surface area contributed by atoms with Crippen LogP contribution in [0.4, 0.5) is 5.00 Å². The number of hydrogen-bond acceptors (Lipinski definition) is 8. The molecule has 9 heteroatoms. The van der Waals surface area contributed by atoms with Crippen LogP contribution >= 0.6 is 11.3 Å². The molecule has 0 spiro atoms. The Kier molecular flexibility index (Phi) is 4.11. The molecule has 0 aliphatic carbocycles. The summed E-state index contributed by atoms with van der Waals surface area (Å²) in [4.78, 5) is 26.2. The van der Waals surface area contributed by atoms with Gasteiger partial charge in [0.2, 0.25) is 11.7 Å². The largest absolute Gasteiger partial charge is 0.463 e. The minimum atomic E-state index is -0.679. The van der Waals surface area contributed by atoms with E-state index in [4.69, 9.17) is 9.15 Å². The molecule has 0 saturated carbocycles. The van der Waals surface area contributed by atoms with Crippen molar-refractivity contribution in [3.63, 3.8) is 0 Å². The second-order valence-corrected chi connectivity index (χ2v) is 4.68. The highest BCUT2D eigenvalue weighted by molar-refractivity contribution is 7.18. The van der Waals surface area contributed by atoms with Crippen molar-refractivity contribution in [2.45, 2.75) is 6.61 Å². The van der Waals surface area contributed by atoms with Crippen molar-refractivity contribution in [2.24, 2.45) is 0 Å². The van der Waals surface area contributed by atoms with Gasteiger partial charge < -0.3 is 13.9 Å². The summed E-state index contributed by atoms with van der Waals surface area (Å²) >= 11 is 0.905. The van der Waals surface area contributed by atoms with Crippen LogP contribution < -0.4 is 0 Å². The minimum Gasteiger partial charge on any atom is -0.463 e. The molecule has 0 bridgehead atoms. The predicted molar refractivity (Wildman–Crippen MR) is 68.5 cm³/mol. The van der Waals surface area contributed by atoms with Gasteiger partial charge in [0.05, 0.1) is 23.5 Å². The SMILES string of the molecule is COCc1nc(-c2ccc([N+](=O)[O-])s2)oc1C(=O)OC. The van der Waals surface area contributed by atoms with Crippen molar-refractivity contribution in [3.8, 4) is 10.8 Å². The molecule has 0 saturated heterocycles. The van der Waals surface area contributed by atoms with E-state index in [-0.39, 0.29) is 29.0 Å². The second kappa shape index (κ2) is 5.80. The maximum Gasteiger partial charge on any atom is 0.376 e. The average Bonchev–Trinajstić information content (AvgIpc) is 3.04. The number of aromatic nitrogens is 1. The molecule has 0 N–H and O–H groups in total. The van der Waals surface area contributed by atoms with Crippen molar-refractivity contribution in [1.29, 1.82) is 0 Å². The topological polar surface area (TPSA) is 105 Å². The molecule has 2 rings (SSSR count). The van der Waals surface area contributed by atoms with Gasteiger partial charge in [0.25, 0.3) is 0 Å². The maximum atomic E-state index is 11.6. The highest BCUT2D eigenvalue weighted by Crippen LogP contribution is 2.33. The summed E-state index contributed by atoms with van der Waals surface area (Å²) in [6.07, 6.45) is 0. The molecular weight excluding hydrogens is 288 g/mol. The summed E-state index contributed by atoms with van der Waals surface area (Å²) in [6.45, 7) is 0.0708. The van der Waals surface area contributed by atoms with E-state index >= 15 is 0 Å². The molecule has 106 valence electrons. The summed E-state index contributed by atoms with van der Waals surface area (Å²) in [7, 11) is 2.67. The number of carbonyl (C=O) groups is 1. The number of esters is 1. The van der Waals surface area contributed by atoms with Crippen molar-refractivity contribution in [2.75, 3.05) is 14.2 Å². The Bertz CT molecular complexity index is 647. The Hall–Kier alpha value is -2.26. The molecule has 0 amide bonds. The maximum absolute atomic E-state index is 11.6. The van der Waals surface area contributed by atoms with Gasteiger partial charge in [-0.15, -0.1) is 0 Å². The fourth-order valence-corrected chi connectivity index (χ4v) is 2.23. The number of oxazole rings is 1. The fraction of sp³-hybridized carbons (Fsp3) is 0.273. The third-order valence-electron chi connectivity index (χ3n) is 2.33. The predicted octanol–water partition coefficient (Wildman–Crippen LogP) is 2.24. The number of ether oxygens (including phenoxy) is 2. The molecule has 20 heavy (non-hydrogen) atoms. The van der Waals surface area contributed by atoms with Crippen LogP contribution in [0.3, 0.4) is 0 Å². The molecule has 2 aromatic heterocycles. The first-order valence-corrected chi connectivity index (χ1v) is 6.20. The zero-order valence-electron chi connectivity index (χ0n) is 10.6. The van der Waals surface area contributed by atoms with Crippen molar-refractivity contribution >= 4 is 22.3 Å². The smallest absolute Gasteiger partial charge is 0.376 e. The Labute approximate surface area is 117 Å². The van der Waals surface area contributed by atoms with Gasteiger partial charge in [0.1, 0.15) is 5.69 Å². The van der Waals surface area contributed by atoms with E-state index in [1.807, 2.05) is 0 Å². The van der Waals surface area contributed by atoms with Crippen LogP contribution in [0.1, 0.15) is 16.2 Å². The van der Waals surface area contributed by atoms with Gasteiger partial charge in [-0.2, -0.15) is 0 Å². The van der Waals surface area contributed by atoms with Crippen LogP contribution in [-0.4, -0.2) is 30.1 Å². The molecule has 0 radical (unpaired) electrons. The number of nitrogens with zero attached hydrogens (tertiary/aromatic N) is 2. The third-order valence-corrected chi connectivity index (χ3v) is 3.36. The van der Waals surface area contributed by atoms with Gasteiger partial charge in [-0.25, -0.2) is 9.78 Å². The first-order valence-electron chi connectivity index (χ1n) is 5.38. The Morgan fingerprint density at radius 2 is 2.25 bits per heavy atom. The molecule has 2 heterocycles. The monoisotopic (exact) mass is 298 g/mol. The number of carbonyl (C=O) groups excluding carboxylic acids is 1. The number of methoxy groups -OCH3 is 2.